The van der Waals surface area contributed by atoms with Crippen LogP contribution in [-0.2, 0) is 6.18 Å². The molecule has 0 saturated heterocycles. The molecule has 0 radical (unpaired) electrons. The van der Waals surface area contributed by atoms with Gasteiger partial charge in [-0.15, -0.1) is 12.4 Å². The molecule has 7 heteroatoms. The van der Waals surface area contributed by atoms with Crippen molar-refractivity contribution in [1.82, 2.24) is 0 Å². The highest BCUT2D eigenvalue weighted by Crippen LogP contribution is 2.35. The molecular weight excluding hydrogens is 253 g/mol. The summed E-state index contributed by atoms with van der Waals surface area (Å²) < 4.78 is 62.3. The standard InChI is InChI=1S/C9H8F5N.ClH/c10-4-7(15)5-2-1-3-6(11)8(5)9(12,13)14;/h1-3,7H,4,15H2;1H/t7-;/m1./s1. The zero-order chi connectivity index (χ0) is 11.6. The Labute approximate surface area is 94.8 Å². The summed E-state index contributed by atoms with van der Waals surface area (Å²) in [4.78, 5) is 0. The van der Waals surface area contributed by atoms with Crippen LogP contribution in [0.3, 0.4) is 0 Å². The molecule has 0 aromatic heterocycles. The molecule has 0 amide bonds. The summed E-state index contributed by atoms with van der Waals surface area (Å²) in [5.41, 5.74) is 3.06. The third-order valence-electron chi connectivity index (χ3n) is 1.90. The lowest BCUT2D eigenvalue weighted by Gasteiger charge is -2.16. The minimum atomic E-state index is -4.87. The highest BCUT2D eigenvalue weighted by atomic mass is 35.5. The van der Waals surface area contributed by atoms with Gasteiger partial charge in [0.15, 0.2) is 0 Å². The predicted octanol–water partition coefficient (Wildman–Crippen LogP) is 3.24. The van der Waals surface area contributed by atoms with Crippen LogP contribution in [0.15, 0.2) is 18.2 Å². The molecule has 92 valence electrons. The van der Waals surface area contributed by atoms with Crippen LogP contribution in [0.5, 0.6) is 0 Å². The van der Waals surface area contributed by atoms with E-state index >= 15 is 0 Å². The van der Waals surface area contributed by atoms with Gasteiger partial charge in [0.25, 0.3) is 0 Å². The van der Waals surface area contributed by atoms with Gasteiger partial charge < -0.3 is 5.73 Å². The molecule has 0 bridgehead atoms. The Hall–Kier alpha value is -0.880. The van der Waals surface area contributed by atoms with Gasteiger partial charge in [-0.1, -0.05) is 12.1 Å². The molecule has 2 N–H and O–H groups in total. The molecular formula is C9H9ClF5N. The Kier molecular flexibility index (Phi) is 5.15. The summed E-state index contributed by atoms with van der Waals surface area (Å²) in [5.74, 6) is -1.44. The molecule has 1 aromatic rings. The minimum absolute atomic E-state index is 0. The zero-order valence-corrected chi connectivity index (χ0v) is 8.71. The monoisotopic (exact) mass is 261 g/mol. The number of nitrogens with two attached hydrogens (primary N) is 1. The number of rotatable bonds is 2. The molecule has 1 aromatic carbocycles. The van der Waals surface area contributed by atoms with E-state index in [2.05, 4.69) is 0 Å². The highest BCUT2D eigenvalue weighted by molar-refractivity contribution is 5.85. The van der Waals surface area contributed by atoms with Crippen LogP contribution in [0, 0.1) is 5.82 Å². The van der Waals surface area contributed by atoms with Crippen LogP contribution in [0.1, 0.15) is 17.2 Å². The largest absolute Gasteiger partial charge is 0.419 e. The first kappa shape index (κ1) is 15.1. The van der Waals surface area contributed by atoms with Crippen LogP contribution in [-0.4, -0.2) is 6.67 Å². The van der Waals surface area contributed by atoms with Gasteiger partial charge in [-0.2, -0.15) is 13.2 Å². The van der Waals surface area contributed by atoms with Gasteiger partial charge in [0.05, 0.1) is 11.6 Å². The lowest BCUT2D eigenvalue weighted by Crippen LogP contribution is -2.20. The van der Waals surface area contributed by atoms with Gasteiger partial charge in [0.2, 0.25) is 0 Å². The van der Waals surface area contributed by atoms with Crippen molar-refractivity contribution in [2.75, 3.05) is 6.67 Å². The SMILES string of the molecule is Cl.N[C@H](CF)c1cccc(F)c1C(F)(F)F. The van der Waals surface area contributed by atoms with E-state index in [9.17, 15) is 22.0 Å². The van der Waals surface area contributed by atoms with E-state index < -0.39 is 35.8 Å². The Bertz CT molecular complexity index is 352. The van der Waals surface area contributed by atoms with E-state index in [4.69, 9.17) is 5.73 Å². The van der Waals surface area contributed by atoms with Crippen molar-refractivity contribution in [3.8, 4) is 0 Å². The first-order valence-electron chi connectivity index (χ1n) is 4.05. The molecule has 0 aliphatic carbocycles. The van der Waals surface area contributed by atoms with Crippen LogP contribution in [0.4, 0.5) is 22.0 Å². The van der Waals surface area contributed by atoms with E-state index in [0.717, 1.165) is 12.1 Å². The lowest BCUT2D eigenvalue weighted by molar-refractivity contribution is -0.140. The van der Waals surface area contributed by atoms with Crippen molar-refractivity contribution in [3.05, 3.63) is 35.1 Å². The van der Waals surface area contributed by atoms with Crippen molar-refractivity contribution < 1.29 is 22.0 Å². The Morgan fingerprint density at radius 2 is 1.81 bits per heavy atom. The van der Waals surface area contributed by atoms with Gasteiger partial charge in [-0.05, 0) is 11.6 Å². The van der Waals surface area contributed by atoms with Crippen molar-refractivity contribution in [1.29, 1.82) is 0 Å². The maximum Gasteiger partial charge on any atom is 0.419 e. The third-order valence-corrected chi connectivity index (χ3v) is 1.90. The number of hydrogen-bond donors (Lipinski definition) is 1. The summed E-state index contributed by atoms with van der Waals surface area (Å²) in [6.07, 6.45) is -4.87. The number of benzene rings is 1. The summed E-state index contributed by atoms with van der Waals surface area (Å²) in [5, 5.41) is 0. The Balaban J connectivity index is 0.00000225. The van der Waals surface area contributed by atoms with Crippen molar-refractivity contribution >= 4 is 12.4 Å². The molecule has 0 spiro atoms. The molecule has 16 heavy (non-hydrogen) atoms. The van der Waals surface area contributed by atoms with Gasteiger partial charge in [-0.3, -0.25) is 0 Å². The summed E-state index contributed by atoms with van der Waals surface area (Å²) in [7, 11) is 0. The van der Waals surface area contributed by atoms with Crippen molar-refractivity contribution in [2.24, 2.45) is 5.73 Å². The van der Waals surface area contributed by atoms with Crippen molar-refractivity contribution in [2.45, 2.75) is 12.2 Å². The molecule has 0 heterocycles. The topological polar surface area (TPSA) is 26.0 Å². The zero-order valence-electron chi connectivity index (χ0n) is 7.89. The second-order valence-electron chi connectivity index (χ2n) is 2.96. The highest BCUT2D eigenvalue weighted by Gasteiger charge is 2.37. The normalized spacial score (nSPS) is 13.1. The fraction of sp³-hybridized carbons (Fsp3) is 0.333. The number of alkyl halides is 4. The van der Waals surface area contributed by atoms with E-state index in [1.54, 1.807) is 0 Å². The maximum atomic E-state index is 12.9. The van der Waals surface area contributed by atoms with Gasteiger partial charge in [0, 0.05) is 0 Å². The minimum Gasteiger partial charge on any atom is -0.322 e. The second-order valence-corrected chi connectivity index (χ2v) is 2.96. The van der Waals surface area contributed by atoms with Gasteiger partial charge >= 0.3 is 6.18 Å². The predicted molar refractivity (Wildman–Crippen MR) is 51.6 cm³/mol. The Morgan fingerprint density at radius 1 is 1.25 bits per heavy atom. The molecule has 0 saturated carbocycles. The quantitative estimate of drug-likeness (QED) is 0.813. The van der Waals surface area contributed by atoms with E-state index in [1.807, 2.05) is 0 Å². The van der Waals surface area contributed by atoms with E-state index in [-0.39, 0.29) is 12.4 Å². The van der Waals surface area contributed by atoms with Gasteiger partial charge in [-0.25, -0.2) is 8.78 Å². The molecule has 0 aliphatic rings. The Morgan fingerprint density at radius 3 is 2.25 bits per heavy atom. The van der Waals surface area contributed by atoms with Gasteiger partial charge in [0.1, 0.15) is 12.5 Å². The van der Waals surface area contributed by atoms with Crippen molar-refractivity contribution in [3.63, 3.8) is 0 Å². The molecule has 0 fully saturated rings. The summed E-state index contributed by atoms with van der Waals surface area (Å²) in [6.45, 7) is -1.17. The van der Waals surface area contributed by atoms with Crippen LogP contribution < -0.4 is 5.73 Å². The van der Waals surface area contributed by atoms with E-state index in [1.165, 1.54) is 0 Å². The van der Waals surface area contributed by atoms with Crippen LogP contribution in [0.25, 0.3) is 0 Å². The fourth-order valence-corrected chi connectivity index (χ4v) is 1.23. The number of hydrogen-bond acceptors (Lipinski definition) is 1. The van der Waals surface area contributed by atoms with Crippen LogP contribution in [0.2, 0.25) is 0 Å². The maximum absolute atomic E-state index is 12.9. The third kappa shape index (κ3) is 3.05. The first-order valence-corrected chi connectivity index (χ1v) is 4.05. The second kappa shape index (κ2) is 5.45. The van der Waals surface area contributed by atoms with Crippen LogP contribution >= 0.6 is 12.4 Å². The number of halogens is 6. The summed E-state index contributed by atoms with van der Waals surface area (Å²) in [6, 6.07) is 1.24. The lowest BCUT2D eigenvalue weighted by atomic mass is 10.0. The molecule has 0 aliphatic heterocycles. The molecule has 1 rings (SSSR count). The first-order chi connectivity index (χ1) is 6.88. The molecule has 1 nitrogen and oxygen atoms in total. The molecule has 1 atom stereocenters. The smallest absolute Gasteiger partial charge is 0.322 e. The average molecular weight is 262 g/mol. The fourth-order valence-electron chi connectivity index (χ4n) is 1.23. The van der Waals surface area contributed by atoms with E-state index in [0.29, 0.717) is 6.07 Å². The summed E-state index contributed by atoms with van der Waals surface area (Å²) >= 11 is 0. The average Bonchev–Trinajstić information content (AvgIpc) is 2.14. The molecule has 0 unspecified atom stereocenters.